The summed E-state index contributed by atoms with van der Waals surface area (Å²) in [5.41, 5.74) is -0.429. The SMILES string of the molecule is CC(OC(=O)C=Cc1ccc(F)cc1)C(=O)Nc1cccc(C(F)(F)F)c1. The van der Waals surface area contributed by atoms with Crippen molar-refractivity contribution in [1.82, 2.24) is 0 Å². The molecule has 0 aliphatic carbocycles. The highest BCUT2D eigenvalue weighted by Gasteiger charge is 2.30. The Kier molecular flexibility index (Phi) is 6.33. The number of halogens is 4. The lowest BCUT2D eigenvalue weighted by molar-refractivity contribution is -0.148. The van der Waals surface area contributed by atoms with Crippen LogP contribution in [0.1, 0.15) is 18.1 Å². The molecule has 0 aliphatic rings. The smallest absolute Gasteiger partial charge is 0.416 e. The first kappa shape index (κ1) is 20.2. The number of carbonyl (C=O) groups excluding carboxylic acids is 2. The number of carbonyl (C=O) groups is 2. The number of ether oxygens (including phenoxy) is 1. The second-order valence-corrected chi connectivity index (χ2v) is 5.53. The number of esters is 1. The van der Waals surface area contributed by atoms with Gasteiger partial charge in [0.1, 0.15) is 5.82 Å². The Labute approximate surface area is 152 Å². The number of alkyl halides is 3. The van der Waals surface area contributed by atoms with E-state index in [4.69, 9.17) is 4.74 Å². The largest absolute Gasteiger partial charge is 0.449 e. The molecule has 1 N–H and O–H groups in total. The number of rotatable bonds is 5. The number of anilines is 1. The van der Waals surface area contributed by atoms with E-state index in [0.29, 0.717) is 5.56 Å². The Bertz CT molecular complexity index is 845. The van der Waals surface area contributed by atoms with Crippen LogP contribution in [0.2, 0.25) is 0 Å². The van der Waals surface area contributed by atoms with Gasteiger partial charge in [-0.05, 0) is 48.9 Å². The highest BCUT2D eigenvalue weighted by atomic mass is 19.4. The van der Waals surface area contributed by atoms with Crippen LogP contribution in [0.4, 0.5) is 23.2 Å². The molecule has 2 aromatic rings. The number of nitrogens with one attached hydrogen (secondary N) is 1. The number of hydrogen-bond donors (Lipinski definition) is 1. The summed E-state index contributed by atoms with van der Waals surface area (Å²) < 4.78 is 55.7. The molecular formula is C19H15F4NO3. The van der Waals surface area contributed by atoms with Gasteiger partial charge in [-0.2, -0.15) is 13.2 Å². The van der Waals surface area contributed by atoms with E-state index in [1.165, 1.54) is 43.3 Å². The van der Waals surface area contributed by atoms with Gasteiger partial charge in [0.05, 0.1) is 5.56 Å². The predicted molar refractivity (Wildman–Crippen MR) is 91.1 cm³/mol. The normalized spacial score (nSPS) is 12.6. The van der Waals surface area contributed by atoms with Gasteiger partial charge in [-0.15, -0.1) is 0 Å². The molecule has 0 aliphatic heterocycles. The summed E-state index contributed by atoms with van der Waals surface area (Å²) in [5.74, 6) is -2.03. The molecule has 27 heavy (non-hydrogen) atoms. The molecule has 0 saturated carbocycles. The quantitative estimate of drug-likeness (QED) is 0.474. The van der Waals surface area contributed by atoms with Crippen molar-refractivity contribution in [3.8, 4) is 0 Å². The lowest BCUT2D eigenvalue weighted by Crippen LogP contribution is -2.29. The zero-order valence-corrected chi connectivity index (χ0v) is 14.1. The van der Waals surface area contributed by atoms with E-state index in [1.807, 2.05) is 0 Å². The average molecular weight is 381 g/mol. The fourth-order valence-corrected chi connectivity index (χ4v) is 2.02. The van der Waals surface area contributed by atoms with E-state index in [9.17, 15) is 27.2 Å². The van der Waals surface area contributed by atoms with Crippen LogP contribution in [0.25, 0.3) is 6.08 Å². The molecule has 0 heterocycles. The van der Waals surface area contributed by atoms with Crippen LogP contribution in [0.5, 0.6) is 0 Å². The number of amides is 1. The molecule has 0 saturated heterocycles. The van der Waals surface area contributed by atoms with E-state index in [0.717, 1.165) is 24.3 Å². The van der Waals surface area contributed by atoms with Crippen LogP contribution in [-0.4, -0.2) is 18.0 Å². The summed E-state index contributed by atoms with van der Waals surface area (Å²) in [6.45, 7) is 1.28. The minimum Gasteiger partial charge on any atom is -0.449 e. The monoisotopic (exact) mass is 381 g/mol. The Hall–Kier alpha value is -3.16. The average Bonchev–Trinajstić information content (AvgIpc) is 2.60. The second kappa shape index (κ2) is 8.48. The van der Waals surface area contributed by atoms with Gasteiger partial charge >= 0.3 is 12.1 Å². The lowest BCUT2D eigenvalue weighted by atomic mass is 10.2. The van der Waals surface area contributed by atoms with Crippen molar-refractivity contribution in [2.24, 2.45) is 0 Å². The third kappa shape index (κ3) is 6.25. The van der Waals surface area contributed by atoms with Gasteiger partial charge in [-0.25, -0.2) is 9.18 Å². The lowest BCUT2D eigenvalue weighted by Gasteiger charge is -2.13. The van der Waals surface area contributed by atoms with Crippen LogP contribution in [0.3, 0.4) is 0 Å². The molecule has 0 bridgehead atoms. The molecule has 142 valence electrons. The van der Waals surface area contributed by atoms with Crippen molar-refractivity contribution < 1.29 is 31.9 Å². The van der Waals surface area contributed by atoms with E-state index < -0.39 is 35.5 Å². The third-order valence-corrected chi connectivity index (χ3v) is 3.40. The molecule has 4 nitrogen and oxygen atoms in total. The van der Waals surface area contributed by atoms with Crippen LogP contribution >= 0.6 is 0 Å². The predicted octanol–water partition coefficient (Wildman–Crippen LogP) is 4.43. The van der Waals surface area contributed by atoms with Crippen molar-refractivity contribution in [3.63, 3.8) is 0 Å². The van der Waals surface area contributed by atoms with Crippen LogP contribution < -0.4 is 5.32 Å². The first-order valence-electron chi connectivity index (χ1n) is 7.77. The molecule has 0 radical (unpaired) electrons. The van der Waals surface area contributed by atoms with E-state index >= 15 is 0 Å². The number of hydrogen-bond acceptors (Lipinski definition) is 3. The second-order valence-electron chi connectivity index (χ2n) is 5.53. The van der Waals surface area contributed by atoms with Crippen molar-refractivity contribution in [3.05, 3.63) is 71.6 Å². The maximum atomic E-state index is 12.8. The first-order chi connectivity index (χ1) is 12.6. The maximum Gasteiger partial charge on any atom is 0.416 e. The Morgan fingerprint density at radius 3 is 2.41 bits per heavy atom. The Morgan fingerprint density at radius 2 is 1.78 bits per heavy atom. The van der Waals surface area contributed by atoms with Crippen molar-refractivity contribution in [2.45, 2.75) is 19.2 Å². The van der Waals surface area contributed by atoms with Gasteiger partial charge in [0.15, 0.2) is 6.10 Å². The fourth-order valence-electron chi connectivity index (χ4n) is 2.02. The summed E-state index contributed by atoms with van der Waals surface area (Å²) in [4.78, 5) is 23.7. The van der Waals surface area contributed by atoms with Crippen molar-refractivity contribution in [2.75, 3.05) is 5.32 Å². The zero-order valence-electron chi connectivity index (χ0n) is 14.1. The summed E-state index contributed by atoms with van der Waals surface area (Å²) in [5, 5.41) is 2.26. The fraction of sp³-hybridized carbons (Fsp3) is 0.158. The van der Waals surface area contributed by atoms with Crippen molar-refractivity contribution >= 4 is 23.6 Å². The Balaban J connectivity index is 1.93. The summed E-state index contributed by atoms with van der Waals surface area (Å²) >= 11 is 0. The molecule has 0 aromatic heterocycles. The number of benzene rings is 2. The summed E-state index contributed by atoms with van der Waals surface area (Å²) in [6, 6.07) is 9.43. The van der Waals surface area contributed by atoms with Gasteiger partial charge in [-0.3, -0.25) is 4.79 Å². The maximum absolute atomic E-state index is 12.8. The minimum atomic E-state index is -4.54. The standard InChI is InChI=1S/C19H15F4NO3/c1-12(27-17(25)10-7-13-5-8-15(20)9-6-13)18(26)24-16-4-2-3-14(11-16)19(21,22)23/h2-12H,1H3,(H,24,26). The van der Waals surface area contributed by atoms with Gasteiger partial charge < -0.3 is 10.1 Å². The van der Waals surface area contributed by atoms with Crippen LogP contribution in [0, 0.1) is 5.82 Å². The Morgan fingerprint density at radius 1 is 1.11 bits per heavy atom. The molecule has 2 aromatic carbocycles. The van der Waals surface area contributed by atoms with Crippen LogP contribution in [-0.2, 0) is 20.5 Å². The highest BCUT2D eigenvalue weighted by Crippen LogP contribution is 2.30. The van der Waals surface area contributed by atoms with E-state index in [-0.39, 0.29) is 5.69 Å². The zero-order chi connectivity index (χ0) is 20.0. The van der Waals surface area contributed by atoms with Gasteiger partial charge in [0, 0.05) is 11.8 Å². The van der Waals surface area contributed by atoms with Crippen molar-refractivity contribution in [1.29, 1.82) is 0 Å². The molecule has 0 spiro atoms. The molecular weight excluding hydrogens is 366 g/mol. The first-order valence-corrected chi connectivity index (χ1v) is 7.77. The van der Waals surface area contributed by atoms with Gasteiger partial charge in [0.25, 0.3) is 5.91 Å². The molecule has 1 amide bonds. The molecule has 2 rings (SSSR count). The minimum absolute atomic E-state index is 0.0698. The summed E-state index contributed by atoms with van der Waals surface area (Å²) in [6.07, 6.45) is -3.34. The molecule has 1 unspecified atom stereocenters. The third-order valence-electron chi connectivity index (χ3n) is 3.40. The topological polar surface area (TPSA) is 55.4 Å². The molecule has 1 atom stereocenters. The molecule has 8 heteroatoms. The summed E-state index contributed by atoms with van der Waals surface area (Å²) in [7, 11) is 0. The molecule has 0 fully saturated rings. The van der Waals surface area contributed by atoms with Crippen LogP contribution in [0.15, 0.2) is 54.6 Å². The van der Waals surface area contributed by atoms with Gasteiger partial charge in [-0.1, -0.05) is 18.2 Å². The van der Waals surface area contributed by atoms with E-state index in [2.05, 4.69) is 5.32 Å². The highest BCUT2D eigenvalue weighted by molar-refractivity contribution is 5.96. The van der Waals surface area contributed by atoms with Gasteiger partial charge in [0.2, 0.25) is 0 Å². The van der Waals surface area contributed by atoms with E-state index in [1.54, 1.807) is 0 Å².